The van der Waals surface area contributed by atoms with Gasteiger partial charge in [-0.3, -0.25) is 4.79 Å². The standard InChI is InChI=1S/C20H22BrCl2NO4S/c1-27-18-7-13(10-24-17(20(25)26)5-6-29-2)15(21)9-19(18)28-11-12-3-4-14(22)8-16(12)23/h3-4,7-9,17,24H,5-6,10-11H2,1-2H3,(H,25,26). The van der Waals surface area contributed by atoms with E-state index < -0.39 is 12.0 Å². The molecule has 2 aromatic rings. The number of hydrogen-bond acceptors (Lipinski definition) is 5. The van der Waals surface area contributed by atoms with E-state index in [1.54, 1.807) is 37.1 Å². The number of rotatable bonds is 11. The van der Waals surface area contributed by atoms with Crippen LogP contribution in [0.2, 0.25) is 10.0 Å². The molecule has 1 unspecified atom stereocenters. The minimum Gasteiger partial charge on any atom is -0.493 e. The van der Waals surface area contributed by atoms with Crippen molar-refractivity contribution >= 4 is 56.9 Å². The van der Waals surface area contributed by atoms with E-state index >= 15 is 0 Å². The van der Waals surface area contributed by atoms with Gasteiger partial charge in [-0.05, 0) is 48.3 Å². The molecule has 0 fully saturated rings. The molecule has 2 N–H and O–H groups in total. The van der Waals surface area contributed by atoms with E-state index in [2.05, 4.69) is 21.2 Å². The van der Waals surface area contributed by atoms with Crippen molar-refractivity contribution in [1.29, 1.82) is 0 Å². The molecule has 0 aliphatic carbocycles. The zero-order valence-corrected chi connectivity index (χ0v) is 19.9. The fourth-order valence-electron chi connectivity index (χ4n) is 2.56. The van der Waals surface area contributed by atoms with Crippen molar-refractivity contribution in [2.75, 3.05) is 19.1 Å². The first-order valence-electron chi connectivity index (χ1n) is 8.74. The molecule has 2 aromatic carbocycles. The van der Waals surface area contributed by atoms with Crippen LogP contribution in [0.25, 0.3) is 0 Å². The first-order chi connectivity index (χ1) is 13.8. The molecular weight excluding hydrogens is 501 g/mol. The summed E-state index contributed by atoms with van der Waals surface area (Å²) in [6.07, 6.45) is 2.50. The summed E-state index contributed by atoms with van der Waals surface area (Å²) < 4.78 is 12.1. The molecule has 0 amide bonds. The Morgan fingerprint density at radius 3 is 2.62 bits per heavy atom. The van der Waals surface area contributed by atoms with Crippen molar-refractivity contribution in [3.05, 3.63) is 56.0 Å². The van der Waals surface area contributed by atoms with E-state index in [1.807, 2.05) is 18.4 Å². The molecular formula is C20H22BrCl2NO4S. The molecule has 0 radical (unpaired) electrons. The van der Waals surface area contributed by atoms with Crippen LogP contribution in [0.3, 0.4) is 0 Å². The van der Waals surface area contributed by atoms with Gasteiger partial charge in [-0.2, -0.15) is 11.8 Å². The molecule has 29 heavy (non-hydrogen) atoms. The highest BCUT2D eigenvalue weighted by Crippen LogP contribution is 2.34. The first-order valence-corrected chi connectivity index (χ1v) is 11.7. The summed E-state index contributed by atoms with van der Waals surface area (Å²) in [5, 5.41) is 13.5. The van der Waals surface area contributed by atoms with Gasteiger partial charge in [0, 0.05) is 26.6 Å². The van der Waals surface area contributed by atoms with Crippen molar-refractivity contribution in [3.63, 3.8) is 0 Å². The van der Waals surface area contributed by atoms with Gasteiger partial charge in [0.05, 0.1) is 7.11 Å². The van der Waals surface area contributed by atoms with Gasteiger partial charge in [-0.25, -0.2) is 0 Å². The maximum Gasteiger partial charge on any atom is 0.320 e. The van der Waals surface area contributed by atoms with Gasteiger partial charge in [0.2, 0.25) is 0 Å². The van der Waals surface area contributed by atoms with E-state index in [0.717, 1.165) is 21.4 Å². The third kappa shape index (κ3) is 7.26. The molecule has 0 spiro atoms. The van der Waals surface area contributed by atoms with Gasteiger partial charge in [0.15, 0.2) is 11.5 Å². The molecule has 1 atom stereocenters. The third-order valence-electron chi connectivity index (χ3n) is 4.18. The van der Waals surface area contributed by atoms with Crippen molar-refractivity contribution in [2.24, 2.45) is 0 Å². The second-order valence-electron chi connectivity index (χ2n) is 6.17. The smallest absolute Gasteiger partial charge is 0.320 e. The summed E-state index contributed by atoms with van der Waals surface area (Å²) in [6, 6.07) is 8.25. The molecule has 2 rings (SSSR count). The molecule has 0 aliphatic rings. The summed E-state index contributed by atoms with van der Waals surface area (Å²) in [6.45, 7) is 0.637. The molecule has 5 nitrogen and oxygen atoms in total. The van der Waals surface area contributed by atoms with Gasteiger partial charge in [0.1, 0.15) is 12.6 Å². The van der Waals surface area contributed by atoms with E-state index in [4.69, 9.17) is 32.7 Å². The van der Waals surface area contributed by atoms with Crippen molar-refractivity contribution in [1.82, 2.24) is 5.32 Å². The fraction of sp³-hybridized carbons (Fsp3) is 0.350. The van der Waals surface area contributed by atoms with Gasteiger partial charge in [-0.1, -0.05) is 45.2 Å². The van der Waals surface area contributed by atoms with Crippen LogP contribution in [0, 0.1) is 0 Å². The van der Waals surface area contributed by atoms with E-state index in [1.165, 1.54) is 0 Å². The maximum absolute atomic E-state index is 11.4. The molecule has 0 saturated heterocycles. The number of ether oxygens (including phenoxy) is 2. The lowest BCUT2D eigenvalue weighted by Gasteiger charge is -2.17. The number of carbonyl (C=O) groups is 1. The number of methoxy groups -OCH3 is 1. The Morgan fingerprint density at radius 2 is 2.00 bits per heavy atom. The Morgan fingerprint density at radius 1 is 1.24 bits per heavy atom. The quantitative estimate of drug-likeness (QED) is 0.398. The lowest BCUT2D eigenvalue weighted by molar-refractivity contribution is -0.139. The average molecular weight is 523 g/mol. The van der Waals surface area contributed by atoms with Crippen molar-refractivity contribution in [3.8, 4) is 11.5 Å². The van der Waals surface area contributed by atoms with Crippen LogP contribution in [-0.2, 0) is 17.9 Å². The lowest BCUT2D eigenvalue weighted by Crippen LogP contribution is -2.36. The normalized spacial score (nSPS) is 11.9. The zero-order chi connectivity index (χ0) is 21.4. The molecule has 0 aliphatic heterocycles. The maximum atomic E-state index is 11.4. The first kappa shape index (κ1) is 24.2. The highest BCUT2D eigenvalue weighted by atomic mass is 79.9. The zero-order valence-electron chi connectivity index (χ0n) is 16.0. The Bertz CT molecular complexity index is 853. The fourth-order valence-corrected chi connectivity index (χ4v) is 3.96. The van der Waals surface area contributed by atoms with E-state index in [9.17, 15) is 9.90 Å². The predicted octanol–water partition coefficient (Wildman–Crippen LogP) is 5.64. The molecule has 0 bridgehead atoms. The number of aliphatic carboxylic acids is 1. The number of carboxylic acids is 1. The number of hydrogen-bond donors (Lipinski definition) is 2. The topological polar surface area (TPSA) is 67.8 Å². The summed E-state index contributed by atoms with van der Waals surface area (Å²) in [5.41, 5.74) is 1.67. The van der Waals surface area contributed by atoms with E-state index in [0.29, 0.717) is 34.5 Å². The monoisotopic (exact) mass is 521 g/mol. The number of halogens is 3. The Hall–Kier alpha value is -1.12. The average Bonchev–Trinajstić information content (AvgIpc) is 2.68. The number of carboxylic acid groups (broad SMARTS) is 1. The predicted molar refractivity (Wildman–Crippen MR) is 123 cm³/mol. The SMILES string of the molecule is COc1cc(CNC(CCSC)C(=O)O)c(Br)cc1OCc1ccc(Cl)cc1Cl. The lowest BCUT2D eigenvalue weighted by atomic mass is 10.1. The largest absolute Gasteiger partial charge is 0.493 e. The number of thioether (sulfide) groups is 1. The third-order valence-corrected chi connectivity index (χ3v) is 6.15. The number of benzene rings is 2. The molecule has 0 saturated carbocycles. The van der Waals surface area contributed by atoms with Gasteiger partial charge >= 0.3 is 5.97 Å². The van der Waals surface area contributed by atoms with Crippen LogP contribution in [0.15, 0.2) is 34.8 Å². The highest BCUT2D eigenvalue weighted by Gasteiger charge is 2.18. The van der Waals surface area contributed by atoms with Gasteiger partial charge in [0.25, 0.3) is 0 Å². The minimum absolute atomic E-state index is 0.256. The summed E-state index contributed by atoms with van der Waals surface area (Å²) in [7, 11) is 1.56. The van der Waals surface area contributed by atoms with Crippen LogP contribution < -0.4 is 14.8 Å². The molecule has 0 heterocycles. The summed E-state index contributed by atoms with van der Waals surface area (Å²) in [5.74, 6) is 1.01. The Balaban J connectivity index is 2.10. The summed E-state index contributed by atoms with van der Waals surface area (Å²) in [4.78, 5) is 11.4. The van der Waals surface area contributed by atoms with Gasteiger partial charge < -0.3 is 19.9 Å². The molecule has 0 aromatic heterocycles. The Kier molecular flexibility index (Phi) is 9.92. The van der Waals surface area contributed by atoms with E-state index in [-0.39, 0.29) is 6.61 Å². The highest BCUT2D eigenvalue weighted by molar-refractivity contribution is 9.10. The second kappa shape index (κ2) is 11.9. The summed E-state index contributed by atoms with van der Waals surface area (Å²) >= 11 is 17.3. The van der Waals surface area contributed by atoms with Crippen molar-refractivity contribution in [2.45, 2.75) is 25.6 Å². The van der Waals surface area contributed by atoms with Crippen molar-refractivity contribution < 1.29 is 19.4 Å². The van der Waals surface area contributed by atoms with Crippen LogP contribution in [0.1, 0.15) is 17.5 Å². The van der Waals surface area contributed by atoms with Crippen LogP contribution >= 0.6 is 50.9 Å². The van der Waals surface area contributed by atoms with Crippen LogP contribution in [0.5, 0.6) is 11.5 Å². The minimum atomic E-state index is -0.859. The number of nitrogens with one attached hydrogen (secondary N) is 1. The second-order valence-corrected chi connectivity index (χ2v) is 8.86. The van der Waals surface area contributed by atoms with Crippen LogP contribution in [0.4, 0.5) is 0 Å². The molecule has 158 valence electrons. The Labute approximate surface area is 193 Å². The van der Waals surface area contributed by atoms with Gasteiger partial charge in [-0.15, -0.1) is 0 Å². The molecule has 9 heteroatoms. The van der Waals surface area contributed by atoms with Crippen LogP contribution in [-0.4, -0.2) is 36.2 Å².